The van der Waals surface area contributed by atoms with Crippen molar-refractivity contribution in [2.45, 2.75) is 12.8 Å². The van der Waals surface area contributed by atoms with E-state index < -0.39 is 10.0 Å². The Balaban J connectivity index is 1.72. The molecule has 1 aliphatic heterocycles. The van der Waals surface area contributed by atoms with Gasteiger partial charge in [0.15, 0.2) is 0 Å². The van der Waals surface area contributed by atoms with E-state index in [0.29, 0.717) is 29.4 Å². The minimum atomic E-state index is -3.28. The van der Waals surface area contributed by atoms with E-state index in [1.807, 2.05) is 30.3 Å². The predicted molar refractivity (Wildman–Crippen MR) is 96.0 cm³/mol. The molecule has 2 aromatic rings. The molecular weight excluding hydrogens is 348 g/mol. The third-order valence-corrected chi connectivity index (χ3v) is 5.97. The minimum Gasteiger partial charge on any atom is -0.326 e. The third kappa shape index (κ3) is 3.71. The summed E-state index contributed by atoms with van der Waals surface area (Å²) in [5, 5.41) is 3.08. The van der Waals surface area contributed by atoms with Crippen molar-refractivity contribution in [2.24, 2.45) is 0 Å². The van der Waals surface area contributed by atoms with Crippen LogP contribution < -0.4 is 9.62 Å². The van der Waals surface area contributed by atoms with Crippen LogP contribution in [-0.2, 0) is 21.2 Å². The fourth-order valence-electron chi connectivity index (χ4n) is 2.68. The normalized spacial score (nSPS) is 16.1. The van der Waals surface area contributed by atoms with Crippen LogP contribution >= 0.6 is 11.6 Å². The fourth-order valence-corrected chi connectivity index (χ4v) is 4.60. The second-order valence-electron chi connectivity index (χ2n) is 5.62. The maximum absolute atomic E-state index is 12.1. The molecule has 0 radical (unpaired) electrons. The zero-order valence-corrected chi connectivity index (χ0v) is 14.5. The van der Waals surface area contributed by atoms with Gasteiger partial charge in [-0.15, -0.1) is 0 Å². The van der Waals surface area contributed by atoms with Gasteiger partial charge in [0.2, 0.25) is 15.9 Å². The van der Waals surface area contributed by atoms with Crippen molar-refractivity contribution in [1.29, 1.82) is 0 Å². The largest absolute Gasteiger partial charge is 0.326 e. The van der Waals surface area contributed by atoms with Gasteiger partial charge in [-0.05, 0) is 30.2 Å². The monoisotopic (exact) mass is 364 g/mol. The highest BCUT2D eigenvalue weighted by atomic mass is 35.5. The van der Waals surface area contributed by atoms with Gasteiger partial charge in [-0.25, -0.2) is 8.42 Å². The first kappa shape index (κ1) is 16.8. The summed E-state index contributed by atoms with van der Waals surface area (Å²) in [5.41, 5.74) is 1.91. The van der Waals surface area contributed by atoms with Crippen LogP contribution in [0.25, 0.3) is 0 Å². The Morgan fingerprint density at radius 2 is 1.92 bits per heavy atom. The van der Waals surface area contributed by atoms with Crippen molar-refractivity contribution < 1.29 is 13.2 Å². The van der Waals surface area contributed by atoms with Gasteiger partial charge in [-0.3, -0.25) is 9.10 Å². The number of sulfonamides is 1. The molecule has 0 spiro atoms. The second-order valence-corrected chi connectivity index (χ2v) is 8.04. The van der Waals surface area contributed by atoms with E-state index >= 15 is 0 Å². The summed E-state index contributed by atoms with van der Waals surface area (Å²) in [6, 6.07) is 14.3. The van der Waals surface area contributed by atoms with Gasteiger partial charge in [0, 0.05) is 12.2 Å². The highest BCUT2D eigenvalue weighted by Gasteiger charge is 2.29. The summed E-state index contributed by atoms with van der Waals surface area (Å²) in [6.45, 7) is 0.432. The van der Waals surface area contributed by atoms with Crippen LogP contribution in [-0.4, -0.2) is 26.6 Å². The zero-order valence-electron chi connectivity index (χ0n) is 12.9. The summed E-state index contributed by atoms with van der Waals surface area (Å²) in [7, 11) is -3.28. The van der Waals surface area contributed by atoms with Crippen LogP contribution in [0.4, 0.5) is 11.4 Å². The number of benzene rings is 2. The van der Waals surface area contributed by atoms with E-state index in [-0.39, 0.29) is 18.1 Å². The quantitative estimate of drug-likeness (QED) is 0.906. The number of hydrogen-bond donors (Lipinski definition) is 1. The first-order valence-corrected chi connectivity index (χ1v) is 9.58. The van der Waals surface area contributed by atoms with Gasteiger partial charge in [0.25, 0.3) is 0 Å². The highest BCUT2D eigenvalue weighted by molar-refractivity contribution is 7.93. The topological polar surface area (TPSA) is 66.5 Å². The molecule has 1 N–H and O–H groups in total. The molecular formula is C17H17ClN2O3S. The summed E-state index contributed by atoms with van der Waals surface area (Å²) in [4.78, 5) is 12.1. The van der Waals surface area contributed by atoms with Gasteiger partial charge in [-0.1, -0.05) is 41.9 Å². The van der Waals surface area contributed by atoms with E-state index in [1.54, 1.807) is 18.2 Å². The van der Waals surface area contributed by atoms with Crippen LogP contribution in [0, 0.1) is 0 Å². The molecule has 0 bridgehead atoms. The summed E-state index contributed by atoms with van der Waals surface area (Å²) >= 11 is 6.22. The number of hydrogen-bond acceptors (Lipinski definition) is 3. The summed E-state index contributed by atoms with van der Waals surface area (Å²) in [5.74, 6) is -0.0161. The predicted octanol–water partition coefficient (Wildman–Crippen LogP) is 3.06. The Hall–Kier alpha value is -2.05. The van der Waals surface area contributed by atoms with Crippen molar-refractivity contribution in [1.82, 2.24) is 0 Å². The average molecular weight is 365 g/mol. The summed E-state index contributed by atoms with van der Waals surface area (Å²) in [6.07, 6.45) is 0.856. The number of rotatable bonds is 4. The molecule has 126 valence electrons. The van der Waals surface area contributed by atoms with Crippen molar-refractivity contribution in [3.05, 3.63) is 59.1 Å². The van der Waals surface area contributed by atoms with Crippen molar-refractivity contribution >= 4 is 38.9 Å². The molecule has 7 heteroatoms. The lowest BCUT2D eigenvalue weighted by Gasteiger charge is -2.19. The molecule has 0 aliphatic carbocycles. The van der Waals surface area contributed by atoms with Crippen LogP contribution in [0.5, 0.6) is 0 Å². The van der Waals surface area contributed by atoms with Crippen molar-refractivity contribution in [2.75, 3.05) is 21.9 Å². The minimum absolute atomic E-state index is 0.138. The van der Waals surface area contributed by atoms with Crippen molar-refractivity contribution in [3.63, 3.8) is 0 Å². The van der Waals surface area contributed by atoms with Gasteiger partial charge in [0.1, 0.15) is 0 Å². The van der Waals surface area contributed by atoms with Gasteiger partial charge >= 0.3 is 0 Å². The maximum Gasteiger partial charge on any atom is 0.235 e. The Bertz CT molecular complexity index is 853. The van der Waals surface area contributed by atoms with Gasteiger partial charge in [-0.2, -0.15) is 0 Å². The zero-order chi connectivity index (χ0) is 17.2. The lowest BCUT2D eigenvalue weighted by atomic mass is 10.1. The fraction of sp³-hybridized carbons (Fsp3) is 0.235. The van der Waals surface area contributed by atoms with E-state index in [1.165, 1.54) is 4.31 Å². The number of carbonyl (C=O) groups excluding carboxylic acids is 1. The molecule has 1 heterocycles. The molecule has 0 unspecified atom stereocenters. The molecule has 1 aliphatic rings. The molecule has 24 heavy (non-hydrogen) atoms. The number of nitrogens with zero attached hydrogens (tertiary/aromatic N) is 1. The van der Waals surface area contributed by atoms with Crippen LogP contribution in [0.3, 0.4) is 0 Å². The number of halogens is 1. The van der Waals surface area contributed by atoms with Gasteiger partial charge in [0.05, 0.1) is 22.9 Å². The van der Waals surface area contributed by atoms with Crippen molar-refractivity contribution in [3.8, 4) is 0 Å². The number of nitrogens with one attached hydrogen (secondary N) is 1. The first-order valence-electron chi connectivity index (χ1n) is 7.59. The average Bonchev–Trinajstić information content (AvgIpc) is 2.87. The third-order valence-electron chi connectivity index (χ3n) is 3.81. The van der Waals surface area contributed by atoms with E-state index in [4.69, 9.17) is 11.6 Å². The van der Waals surface area contributed by atoms with Gasteiger partial charge < -0.3 is 5.32 Å². The maximum atomic E-state index is 12.1. The number of anilines is 2. The van der Waals surface area contributed by atoms with Crippen LogP contribution in [0.1, 0.15) is 12.0 Å². The molecule has 5 nitrogen and oxygen atoms in total. The molecule has 3 rings (SSSR count). The van der Waals surface area contributed by atoms with E-state index in [9.17, 15) is 13.2 Å². The molecule has 1 amide bonds. The lowest BCUT2D eigenvalue weighted by molar-refractivity contribution is -0.115. The SMILES string of the molecule is O=C(Cc1ccccc1)Nc1ccc(N2CCCS2(=O)=O)c(Cl)c1. The van der Waals surface area contributed by atoms with Crippen LogP contribution in [0.2, 0.25) is 5.02 Å². The Kier molecular flexibility index (Phi) is 4.78. The molecule has 0 saturated carbocycles. The standard InChI is InChI=1S/C17H17ClN2O3S/c18-15-12-14(19-17(21)11-13-5-2-1-3-6-13)7-8-16(15)20-9-4-10-24(20,22)23/h1-3,5-8,12H,4,9-11H2,(H,19,21). The molecule has 2 aromatic carbocycles. The number of carbonyl (C=O) groups is 1. The summed E-state index contributed by atoms with van der Waals surface area (Å²) < 4.78 is 25.3. The Morgan fingerprint density at radius 1 is 1.17 bits per heavy atom. The van der Waals surface area contributed by atoms with Crippen LogP contribution in [0.15, 0.2) is 48.5 Å². The second kappa shape index (κ2) is 6.83. The first-order chi connectivity index (χ1) is 11.5. The Labute approximate surface area is 146 Å². The van der Waals surface area contributed by atoms with E-state index in [2.05, 4.69) is 5.32 Å². The molecule has 1 saturated heterocycles. The molecule has 0 atom stereocenters. The number of amides is 1. The molecule has 0 aromatic heterocycles. The Morgan fingerprint density at radius 3 is 2.54 bits per heavy atom. The smallest absolute Gasteiger partial charge is 0.235 e. The molecule has 1 fully saturated rings. The highest BCUT2D eigenvalue weighted by Crippen LogP contribution is 2.33. The van der Waals surface area contributed by atoms with E-state index in [0.717, 1.165) is 5.56 Å². The lowest BCUT2D eigenvalue weighted by Crippen LogP contribution is -2.25.